The van der Waals surface area contributed by atoms with Crippen LogP contribution in [0.4, 0.5) is 4.79 Å². The first kappa shape index (κ1) is 13.8. The zero-order valence-corrected chi connectivity index (χ0v) is 11.3. The second-order valence-corrected chi connectivity index (χ2v) is 5.16. The van der Waals surface area contributed by atoms with Crippen LogP contribution in [0.3, 0.4) is 0 Å². The molecule has 0 unspecified atom stereocenters. The van der Waals surface area contributed by atoms with E-state index in [-0.39, 0.29) is 0 Å². The molecule has 0 aliphatic rings. The SMILES string of the molecule is CSc1nccc(CNC(=O)OC(C)(C)C)n1. The first-order valence-corrected chi connectivity index (χ1v) is 6.46. The monoisotopic (exact) mass is 255 g/mol. The van der Waals surface area contributed by atoms with E-state index in [1.54, 1.807) is 12.3 Å². The van der Waals surface area contributed by atoms with Gasteiger partial charge in [-0.3, -0.25) is 0 Å². The molecule has 0 saturated heterocycles. The third-order valence-electron chi connectivity index (χ3n) is 1.69. The molecule has 1 aromatic rings. The van der Waals surface area contributed by atoms with Gasteiger partial charge in [-0.2, -0.15) is 0 Å². The van der Waals surface area contributed by atoms with Crippen LogP contribution >= 0.6 is 11.8 Å². The predicted octanol–water partition coefficient (Wildman–Crippen LogP) is 2.22. The van der Waals surface area contributed by atoms with E-state index in [2.05, 4.69) is 15.3 Å². The Morgan fingerprint density at radius 2 is 2.24 bits per heavy atom. The van der Waals surface area contributed by atoms with E-state index in [0.717, 1.165) is 5.69 Å². The zero-order valence-electron chi connectivity index (χ0n) is 10.5. The van der Waals surface area contributed by atoms with E-state index in [9.17, 15) is 4.79 Å². The van der Waals surface area contributed by atoms with Crippen LogP contribution in [0, 0.1) is 0 Å². The molecule has 1 N–H and O–H groups in total. The molecule has 94 valence electrons. The number of thioether (sulfide) groups is 1. The summed E-state index contributed by atoms with van der Waals surface area (Å²) in [6, 6.07) is 1.76. The molecule has 0 aliphatic carbocycles. The van der Waals surface area contributed by atoms with Gasteiger partial charge >= 0.3 is 6.09 Å². The highest BCUT2D eigenvalue weighted by Gasteiger charge is 2.15. The van der Waals surface area contributed by atoms with Crippen molar-refractivity contribution in [2.75, 3.05) is 6.26 Å². The molecule has 0 spiro atoms. The Balaban J connectivity index is 2.47. The Morgan fingerprint density at radius 3 is 2.82 bits per heavy atom. The fourth-order valence-corrected chi connectivity index (χ4v) is 1.42. The Labute approximate surface area is 105 Å². The molecule has 1 aromatic heterocycles. The van der Waals surface area contributed by atoms with Crippen LogP contribution in [0.5, 0.6) is 0 Å². The number of nitrogens with zero attached hydrogens (tertiary/aromatic N) is 2. The van der Waals surface area contributed by atoms with Gasteiger partial charge in [0.15, 0.2) is 5.16 Å². The molecular formula is C11H17N3O2S. The summed E-state index contributed by atoms with van der Waals surface area (Å²) >= 11 is 1.46. The van der Waals surface area contributed by atoms with Crippen molar-refractivity contribution < 1.29 is 9.53 Å². The van der Waals surface area contributed by atoms with Crippen molar-refractivity contribution in [2.24, 2.45) is 0 Å². The molecule has 0 atom stereocenters. The standard InChI is InChI=1S/C11H17N3O2S/c1-11(2,3)16-10(15)13-7-8-5-6-12-9(14-8)17-4/h5-6H,7H2,1-4H3,(H,13,15). The first-order valence-electron chi connectivity index (χ1n) is 5.23. The summed E-state index contributed by atoms with van der Waals surface area (Å²) in [6.07, 6.45) is 3.13. The maximum Gasteiger partial charge on any atom is 0.407 e. The van der Waals surface area contributed by atoms with Crippen molar-refractivity contribution in [3.63, 3.8) is 0 Å². The van der Waals surface area contributed by atoms with Crippen molar-refractivity contribution in [1.29, 1.82) is 0 Å². The minimum atomic E-state index is -0.486. The van der Waals surface area contributed by atoms with Crippen molar-refractivity contribution in [3.05, 3.63) is 18.0 Å². The molecule has 5 nitrogen and oxygen atoms in total. The molecule has 0 saturated carbocycles. The van der Waals surface area contributed by atoms with Crippen LogP contribution in [0.1, 0.15) is 26.5 Å². The van der Waals surface area contributed by atoms with Crippen molar-refractivity contribution in [1.82, 2.24) is 15.3 Å². The highest BCUT2D eigenvalue weighted by Crippen LogP contribution is 2.08. The van der Waals surface area contributed by atoms with Gasteiger partial charge in [-0.1, -0.05) is 11.8 Å². The Bertz CT molecular complexity index is 391. The number of alkyl carbamates (subject to hydrolysis) is 1. The van der Waals surface area contributed by atoms with Gasteiger partial charge in [0, 0.05) is 6.20 Å². The normalized spacial score (nSPS) is 11.1. The lowest BCUT2D eigenvalue weighted by Crippen LogP contribution is -2.32. The van der Waals surface area contributed by atoms with E-state index in [4.69, 9.17) is 4.74 Å². The van der Waals surface area contributed by atoms with Crippen molar-refractivity contribution in [3.8, 4) is 0 Å². The average molecular weight is 255 g/mol. The molecule has 17 heavy (non-hydrogen) atoms. The van der Waals surface area contributed by atoms with Gasteiger partial charge in [0.2, 0.25) is 0 Å². The summed E-state index contributed by atoms with van der Waals surface area (Å²) in [5, 5.41) is 3.33. The number of nitrogens with one attached hydrogen (secondary N) is 1. The lowest BCUT2D eigenvalue weighted by molar-refractivity contribution is 0.0523. The van der Waals surface area contributed by atoms with E-state index < -0.39 is 11.7 Å². The lowest BCUT2D eigenvalue weighted by atomic mass is 10.2. The highest BCUT2D eigenvalue weighted by molar-refractivity contribution is 7.98. The van der Waals surface area contributed by atoms with Crippen LogP contribution in [-0.4, -0.2) is 27.9 Å². The number of rotatable bonds is 3. The Morgan fingerprint density at radius 1 is 1.53 bits per heavy atom. The van der Waals surface area contributed by atoms with Crippen LogP contribution in [0.15, 0.2) is 17.4 Å². The lowest BCUT2D eigenvalue weighted by Gasteiger charge is -2.19. The van der Waals surface area contributed by atoms with Gasteiger partial charge in [0.05, 0.1) is 12.2 Å². The number of hydrogen-bond acceptors (Lipinski definition) is 5. The molecule has 0 bridgehead atoms. The maximum absolute atomic E-state index is 11.4. The van der Waals surface area contributed by atoms with Gasteiger partial charge in [-0.05, 0) is 33.1 Å². The fraction of sp³-hybridized carbons (Fsp3) is 0.545. The third-order valence-corrected chi connectivity index (χ3v) is 2.25. The molecule has 0 fully saturated rings. The van der Waals surface area contributed by atoms with E-state index in [0.29, 0.717) is 11.7 Å². The summed E-state index contributed by atoms with van der Waals surface area (Å²) in [5.41, 5.74) is 0.274. The van der Waals surface area contributed by atoms with Crippen LogP contribution < -0.4 is 5.32 Å². The second-order valence-electron chi connectivity index (χ2n) is 4.39. The van der Waals surface area contributed by atoms with E-state index in [1.807, 2.05) is 27.0 Å². The van der Waals surface area contributed by atoms with Crippen LogP contribution in [-0.2, 0) is 11.3 Å². The molecule has 0 aromatic carbocycles. The van der Waals surface area contributed by atoms with Crippen LogP contribution in [0.25, 0.3) is 0 Å². The van der Waals surface area contributed by atoms with E-state index >= 15 is 0 Å². The molecule has 1 heterocycles. The molecule has 6 heteroatoms. The Kier molecular flexibility index (Phi) is 4.74. The van der Waals surface area contributed by atoms with E-state index in [1.165, 1.54) is 11.8 Å². The zero-order chi connectivity index (χ0) is 12.9. The summed E-state index contributed by atoms with van der Waals surface area (Å²) < 4.78 is 5.12. The molecule has 1 amide bonds. The number of ether oxygens (including phenoxy) is 1. The summed E-state index contributed by atoms with van der Waals surface area (Å²) in [7, 11) is 0. The third kappa shape index (κ3) is 5.53. The van der Waals surface area contributed by atoms with Crippen molar-refractivity contribution >= 4 is 17.9 Å². The second kappa shape index (κ2) is 5.86. The average Bonchev–Trinajstić information content (AvgIpc) is 2.24. The Hall–Kier alpha value is -1.30. The topological polar surface area (TPSA) is 64.1 Å². The smallest absolute Gasteiger partial charge is 0.407 e. The number of amides is 1. The summed E-state index contributed by atoms with van der Waals surface area (Å²) in [5.74, 6) is 0. The largest absolute Gasteiger partial charge is 0.444 e. The molecule has 0 aliphatic heterocycles. The fourth-order valence-electron chi connectivity index (χ4n) is 1.05. The van der Waals surface area contributed by atoms with Gasteiger partial charge in [-0.25, -0.2) is 14.8 Å². The maximum atomic E-state index is 11.4. The van der Waals surface area contributed by atoms with Crippen molar-refractivity contribution in [2.45, 2.75) is 38.1 Å². The quantitative estimate of drug-likeness (QED) is 0.662. The minimum absolute atomic E-state index is 0.338. The van der Waals surface area contributed by atoms with Gasteiger partial charge in [-0.15, -0.1) is 0 Å². The van der Waals surface area contributed by atoms with Gasteiger partial charge in [0.25, 0.3) is 0 Å². The summed E-state index contributed by atoms with van der Waals surface area (Å²) in [6.45, 7) is 5.81. The van der Waals surface area contributed by atoms with Gasteiger partial charge in [0.1, 0.15) is 5.60 Å². The number of aromatic nitrogens is 2. The van der Waals surface area contributed by atoms with Crippen LogP contribution in [0.2, 0.25) is 0 Å². The number of hydrogen-bond donors (Lipinski definition) is 1. The number of carbonyl (C=O) groups excluding carboxylic acids is 1. The first-order chi connectivity index (χ1) is 7.90. The predicted molar refractivity (Wildman–Crippen MR) is 66.9 cm³/mol. The number of carbonyl (C=O) groups is 1. The molecule has 0 radical (unpaired) electrons. The van der Waals surface area contributed by atoms with Gasteiger partial charge < -0.3 is 10.1 Å². The molecule has 1 rings (SSSR count). The molecular weight excluding hydrogens is 238 g/mol. The summed E-state index contributed by atoms with van der Waals surface area (Å²) in [4.78, 5) is 19.7. The highest BCUT2D eigenvalue weighted by atomic mass is 32.2. The minimum Gasteiger partial charge on any atom is -0.444 e.